The average Bonchev–Trinajstić information content (AvgIpc) is 3.00. The molecular weight excluding hydrogens is 316 g/mol. The van der Waals surface area contributed by atoms with Crippen LogP contribution in [0.25, 0.3) is 0 Å². The van der Waals surface area contributed by atoms with Crippen LogP contribution in [0.4, 0.5) is 0 Å². The molecule has 0 saturated carbocycles. The standard InChI is InChI=1S/C12H11BrN2O2S/c13-10-2-12-11(16-7-17-12)1-8(10)3-14-4-9-5-18-6-15-9/h1-2,5-6,14H,3-4,7H2. The van der Waals surface area contributed by atoms with Gasteiger partial charge < -0.3 is 14.8 Å². The molecule has 94 valence electrons. The van der Waals surface area contributed by atoms with Gasteiger partial charge in [0.05, 0.1) is 11.2 Å². The summed E-state index contributed by atoms with van der Waals surface area (Å²) in [5.41, 5.74) is 4.05. The first-order valence-electron chi connectivity index (χ1n) is 5.49. The Bertz CT molecular complexity index is 545. The lowest BCUT2D eigenvalue weighted by Crippen LogP contribution is -2.13. The maximum atomic E-state index is 5.36. The van der Waals surface area contributed by atoms with Gasteiger partial charge in [-0.15, -0.1) is 11.3 Å². The Morgan fingerprint density at radius 2 is 2.11 bits per heavy atom. The Labute approximate surface area is 117 Å². The molecule has 3 rings (SSSR count). The zero-order valence-electron chi connectivity index (χ0n) is 9.48. The largest absolute Gasteiger partial charge is 0.454 e. The number of ether oxygens (including phenoxy) is 2. The quantitative estimate of drug-likeness (QED) is 0.938. The van der Waals surface area contributed by atoms with Gasteiger partial charge in [-0.3, -0.25) is 0 Å². The first kappa shape index (κ1) is 12.0. The van der Waals surface area contributed by atoms with Gasteiger partial charge in [0.15, 0.2) is 11.5 Å². The molecule has 0 radical (unpaired) electrons. The second-order valence-electron chi connectivity index (χ2n) is 3.88. The molecule has 0 aliphatic carbocycles. The molecule has 0 bridgehead atoms. The molecule has 0 unspecified atom stereocenters. The molecule has 0 saturated heterocycles. The molecule has 1 aliphatic rings. The van der Waals surface area contributed by atoms with Crippen molar-refractivity contribution in [1.29, 1.82) is 0 Å². The van der Waals surface area contributed by atoms with Crippen LogP contribution in [0, 0.1) is 0 Å². The van der Waals surface area contributed by atoms with E-state index in [0.717, 1.165) is 40.3 Å². The van der Waals surface area contributed by atoms with Crippen LogP contribution in [0.5, 0.6) is 11.5 Å². The van der Waals surface area contributed by atoms with E-state index in [0.29, 0.717) is 6.79 Å². The summed E-state index contributed by atoms with van der Waals surface area (Å²) < 4.78 is 11.7. The smallest absolute Gasteiger partial charge is 0.231 e. The van der Waals surface area contributed by atoms with Gasteiger partial charge in [0.1, 0.15) is 0 Å². The summed E-state index contributed by atoms with van der Waals surface area (Å²) in [6.45, 7) is 1.83. The molecule has 18 heavy (non-hydrogen) atoms. The van der Waals surface area contributed by atoms with Crippen LogP contribution in [0.3, 0.4) is 0 Å². The Balaban J connectivity index is 1.66. The predicted octanol–water partition coefficient (Wildman–Crippen LogP) is 2.92. The number of rotatable bonds is 4. The SMILES string of the molecule is Brc1cc2c(cc1CNCc1cscn1)OCO2. The van der Waals surface area contributed by atoms with Crippen LogP contribution >= 0.6 is 27.3 Å². The molecule has 2 aromatic rings. The third-order valence-corrected chi connectivity index (χ3v) is 4.02. The number of hydrogen-bond donors (Lipinski definition) is 1. The monoisotopic (exact) mass is 326 g/mol. The number of nitrogens with zero attached hydrogens (tertiary/aromatic N) is 1. The second-order valence-corrected chi connectivity index (χ2v) is 5.45. The Morgan fingerprint density at radius 1 is 1.28 bits per heavy atom. The van der Waals surface area contributed by atoms with Crippen LogP contribution in [0.15, 0.2) is 27.5 Å². The van der Waals surface area contributed by atoms with Crippen LogP contribution in [0.2, 0.25) is 0 Å². The van der Waals surface area contributed by atoms with Crippen molar-refractivity contribution in [3.63, 3.8) is 0 Å². The van der Waals surface area contributed by atoms with Gasteiger partial charge in [0, 0.05) is 22.9 Å². The topological polar surface area (TPSA) is 43.4 Å². The summed E-state index contributed by atoms with van der Waals surface area (Å²) in [4.78, 5) is 4.23. The van der Waals surface area contributed by atoms with Gasteiger partial charge in [-0.05, 0) is 17.7 Å². The van der Waals surface area contributed by atoms with E-state index in [1.165, 1.54) is 0 Å². The number of halogens is 1. The van der Waals surface area contributed by atoms with Crippen molar-refractivity contribution >= 4 is 27.3 Å². The molecule has 0 fully saturated rings. The van der Waals surface area contributed by atoms with Crippen LogP contribution < -0.4 is 14.8 Å². The highest BCUT2D eigenvalue weighted by molar-refractivity contribution is 9.10. The minimum atomic E-state index is 0.303. The summed E-state index contributed by atoms with van der Waals surface area (Å²) in [6, 6.07) is 3.95. The molecule has 4 nitrogen and oxygen atoms in total. The Hall–Kier alpha value is -1.11. The maximum Gasteiger partial charge on any atom is 0.231 e. The van der Waals surface area contributed by atoms with Crippen LogP contribution in [-0.4, -0.2) is 11.8 Å². The fourth-order valence-electron chi connectivity index (χ4n) is 1.74. The molecule has 2 heterocycles. The number of benzene rings is 1. The van der Waals surface area contributed by atoms with E-state index in [4.69, 9.17) is 9.47 Å². The van der Waals surface area contributed by atoms with E-state index in [2.05, 4.69) is 26.2 Å². The number of hydrogen-bond acceptors (Lipinski definition) is 5. The molecule has 1 N–H and O–H groups in total. The van der Waals surface area contributed by atoms with Crippen molar-refractivity contribution < 1.29 is 9.47 Å². The summed E-state index contributed by atoms with van der Waals surface area (Å²) in [5.74, 6) is 1.61. The molecule has 1 aliphatic heterocycles. The van der Waals surface area contributed by atoms with Crippen LogP contribution in [0.1, 0.15) is 11.3 Å². The average molecular weight is 327 g/mol. The third kappa shape index (κ3) is 2.50. The molecule has 0 spiro atoms. The highest BCUT2D eigenvalue weighted by Gasteiger charge is 2.15. The van der Waals surface area contributed by atoms with Crippen molar-refractivity contribution in [2.75, 3.05) is 6.79 Å². The van der Waals surface area contributed by atoms with Gasteiger partial charge in [0.25, 0.3) is 0 Å². The van der Waals surface area contributed by atoms with Gasteiger partial charge in [-0.25, -0.2) is 4.98 Å². The normalized spacial score (nSPS) is 12.9. The summed E-state index contributed by atoms with van der Waals surface area (Å²) >= 11 is 5.15. The van der Waals surface area contributed by atoms with Gasteiger partial charge in [-0.2, -0.15) is 0 Å². The van der Waals surface area contributed by atoms with Crippen molar-refractivity contribution in [1.82, 2.24) is 10.3 Å². The highest BCUT2D eigenvalue weighted by Crippen LogP contribution is 2.36. The van der Waals surface area contributed by atoms with Crippen molar-refractivity contribution in [2.45, 2.75) is 13.1 Å². The van der Waals surface area contributed by atoms with Crippen molar-refractivity contribution in [2.24, 2.45) is 0 Å². The van der Waals surface area contributed by atoms with E-state index in [1.54, 1.807) is 11.3 Å². The molecule has 0 atom stereocenters. The number of nitrogens with one attached hydrogen (secondary N) is 1. The Morgan fingerprint density at radius 3 is 2.89 bits per heavy atom. The van der Waals surface area contributed by atoms with Crippen molar-refractivity contribution in [3.8, 4) is 11.5 Å². The molecule has 1 aromatic carbocycles. The molecule has 1 aromatic heterocycles. The number of thiazole rings is 1. The lowest BCUT2D eigenvalue weighted by Gasteiger charge is -2.07. The Kier molecular flexibility index (Phi) is 3.49. The lowest BCUT2D eigenvalue weighted by atomic mass is 10.2. The van der Waals surface area contributed by atoms with E-state index in [-0.39, 0.29) is 0 Å². The van der Waals surface area contributed by atoms with Gasteiger partial charge in [-0.1, -0.05) is 15.9 Å². The highest BCUT2D eigenvalue weighted by atomic mass is 79.9. The molecular formula is C12H11BrN2O2S. The minimum Gasteiger partial charge on any atom is -0.454 e. The zero-order valence-corrected chi connectivity index (χ0v) is 11.9. The predicted molar refractivity (Wildman–Crippen MR) is 72.9 cm³/mol. The molecule has 6 heteroatoms. The third-order valence-electron chi connectivity index (χ3n) is 2.65. The van der Waals surface area contributed by atoms with E-state index in [1.807, 2.05) is 23.0 Å². The number of fused-ring (bicyclic) bond motifs is 1. The van der Waals surface area contributed by atoms with Gasteiger partial charge >= 0.3 is 0 Å². The lowest BCUT2D eigenvalue weighted by molar-refractivity contribution is 0.174. The zero-order chi connectivity index (χ0) is 12.4. The van der Waals surface area contributed by atoms with Crippen molar-refractivity contribution in [3.05, 3.63) is 38.8 Å². The summed E-state index contributed by atoms with van der Waals surface area (Å²) in [5, 5.41) is 5.40. The van der Waals surface area contributed by atoms with E-state index >= 15 is 0 Å². The fourth-order valence-corrected chi connectivity index (χ4v) is 2.77. The first-order chi connectivity index (χ1) is 8.83. The minimum absolute atomic E-state index is 0.303. The van der Waals surface area contributed by atoms with E-state index < -0.39 is 0 Å². The second kappa shape index (κ2) is 5.26. The number of aromatic nitrogens is 1. The summed E-state index contributed by atoms with van der Waals surface area (Å²) in [7, 11) is 0. The first-order valence-corrected chi connectivity index (χ1v) is 7.22. The fraction of sp³-hybridized carbons (Fsp3) is 0.250. The van der Waals surface area contributed by atoms with Gasteiger partial charge in [0.2, 0.25) is 6.79 Å². The maximum absolute atomic E-state index is 5.36. The van der Waals surface area contributed by atoms with Crippen LogP contribution in [-0.2, 0) is 13.1 Å². The summed E-state index contributed by atoms with van der Waals surface area (Å²) in [6.07, 6.45) is 0. The van der Waals surface area contributed by atoms with E-state index in [9.17, 15) is 0 Å². The molecule has 0 amide bonds.